The van der Waals surface area contributed by atoms with Crippen molar-refractivity contribution in [3.63, 3.8) is 0 Å². The maximum Gasteiger partial charge on any atom is 0.326 e. The molecular weight excluding hydrogens is 318 g/mol. The van der Waals surface area contributed by atoms with Gasteiger partial charge in [0.1, 0.15) is 6.04 Å². The van der Waals surface area contributed by atoms with Gasteiger partial charge in [-0.25, -0.2) is 4.79 Å². The van der Waals surface area contributed by atoms with Gasteiger partial charge in [-0.3, -0.25) is 4.79 Å². The summed E-state index contributed by atoms with van der Waals surface area (Å²) < 4.78 is 0.442. The van der Waals surface area contributed by atoms with Crippen LogP contribution in [0.15, 0.2) is 24.3 Å². The van der Waals surface area contributed by atoms with E-state index in [-0.39, 0.29) is 5.91 Å². The monoisotopic (exact) mass is 339 g/mol. The van der Waals surface area contributed by atoms with Crippen molar-refractivity contribution < 1.29 is 14.7 Å². The molecule has 1 saturated heterocycles. The average molecular weight is 339 g/mol. The summed E-state index contributed by atoms with van der Waals surface area (Å²) in [6.07, 6.45) is 2.40. The van der Waals surface area contributed by atoms with Crippen molar-refractivity contribution in [3.8, 4) is 0 Å². The number of aliphatic carboxylic acids is 1. The molecule has 1 fully saturated rings. The number of carboxylic acid groups (broad SMARTS) is 1. The van der Waals surface area contributed by atoms with Crippen LogP contribution in [0.4, 0.5) is 0 Å². The molecule has 1 amide bonds. The van der Waals surface area contributed by atoms with Crippen LogP contribution >= 0.6 is 23.5 Å². The van der Waals surface area contributed by atoms with Gasteiger partial charge in [-0.05, 0) is 42.0 Å². The number of rotatable bonds is 6. The van der Waals surface area contributed by atoms with Crippen LogP contribution in [-0.2, 0) is 4.79 Å². The van der Waals surface area contributed by atoms with E-state index in [2.05, 4.69) is 5.32 Å². The molecule has 0 aromatic heterocycles. The lowest BCUT2D eigenvalue weighted by Crippen LogP contribution is -2.40. The molecule has 0 aliphatic carbocycles. The summed E-state index contributed by atoms with van der Waals surface area (Å²) in [7, 11) is 0. The topological polar surface area (TPSA) is 66.4 Å². The lowest BCUT2D eigenvalue weighted by molar-refractivity contribution is -0.139. The number of thioether (sulfide) groups is 2. The Morgan fingerprint density at radius 1 is 1.27 bits per heavy atom. The number of carbonyl (C=O) groups is 2. The Morgan fingerprint density at radius 2 is 1.91 bits per heavy atom. The molecule has 0 spiro atoms. The largest absolute Gasteiger partial charge is 0.480 e. The van der Waals surface area contributed by atoms with Gasteiger partial charge in [-0.1, -0.05) is 25.5 Å². The fourth-order valence-electron chi connectivity index (χ4n) is 2.26. The second-order valence-corrected chi connectivity index (χ2v) is 7.93. The molecule has 1 aliphatic rings. The summed E-state index contributed by atoms with van der Waals surface area (Å²) in [5, 5.41) is 11.7. The molecule has 6 heteroatoms. The van der Waals surface area contributed by atoms with Crippen LogP contribution in [0.3, 0.4) is 0 Å². The molecule has 1 heterocycles. The number of hydrogen-bond acceptors (Lipinski definition) is 4. The Morgan fingerprint density at radius 3 is 2.45 bits per heavy atom. The van der Waals surface area contributed by atoms with Gasteiger partial charge in [-0.2, -0.15) is 0 Å². The molecule has 1 aromatic carbocycles. The Labute approximate surface area is 139 Å². The van der Waals surface area contributed by atoms with Crippen molar-refractivity contribution in [2.45, 2.75) is 36.8 Å². The van der Waals surface area contributed by atoms with Gasteiger partial charge in [-0.15, -0.1) is 23.5 Å². The summed E-state index contributed by atoms with van der Waals surface area (Å²) in [5.74, 6) is 1.05. The molecule has 0 saturated carbocycles. The predicted molar refractivity (Wildman–Crippen MR) is 92.5 cm³/mol. The zero-order valence-corrected chi connectivity index (χ0v) is 14.2. The average Bonchev–Trinajstić information content (AvgIpc) is 2.55. The van der Waals surface area contributed by atoms with Crippen LogP contribution in [0, 0.1) is 0 Å². The van der Waals surface area contributed by atoms with Crippen molar-refractivity contribution >= 4 is 35.4 Å². The highest BCUT2D eigenvalue weighted by Gasteiger charge is 2.20. The van der Waals surface area contributed by atoms with Gasteiger partial charge in [0.2, 0.25) is 0 Å². The molecule has 2 rings (SSSR count). The van der Waals surface area contributed by atoms with E-state index in [1.165, 1.54) is 23.5 Å². The maximum atomic E-state index is 12.1. The lowest BCUT2D eigenvalue weighted by Gasteiger charge is -2.21. The minimum absolute atomic E-state index is 0.323. The van der Waals surface area contributed by atoms with Gasteiger partial charge in [0.15, 0.2) is 0 Å². The second kappa shape index (κ2) is 8.48. The standard InChI is InChI=1S/C16H21NO3S2/c1-2-4-13(15(19)20)17-14(18)11-5-7-12(8-6-11)16-21-9-3-10-22-16/h5-8,13,16H,2-4,9-10H2,1H3,(H,17,18)(H,19,20). The van der Waals surface area contributed by atoms with Crippen LogP contribution in [-0.4, -0.2) is 34.5 Å². The Balaban J connectivity index is 1.99. The first kappa shape index (κ1) is 17.2. The van der Waals surface area contributed by atoms with E-state index < -0.39 is 12.0 Å². The zero-order valence-electron chi connectivity index (χ0n) is 12.6. The third kappa shape index (κ3) is 4.68. The molecule has 22 heavy (non-hydrogen) atoms. The van der Waals surface area contributed by atoms with Crippen LogP contribution < -0.4 is 5.32 Å². The first-order chi connectivity index (χ1) is 10.6. The van der Waals surface area contributed by atoms with E-state index in [1.807, 2.05) is 42.6 Å². The van der Waals surface area contributed by atoms with Crippen LogP contribution in [0.25, 0.3) is 0 Å². The summed E-state index contributed by atoms with van der Waals surface area (Å²) in [5.41, 5.74) is 1.73. The van der Waals surface area contributed by atoms with Crippen molar-refractivity contribution in [3.05, 3.63) is 35.4 Å². The third-order valence-electron chi connectivity index (χ3n) is 3.45. The summed E-state index contributed by atoms with van der Waals surface area (Å²) >= 11 is 3.87. The van der Waals surface area contributed by atoms with E-state index >= 15 is 0 Å². The van der Waals surface area contributed by atoms with Gasteiger partial charge in [0.05, 0.1) is 4.58 Å². The van der Waals surface area contributed by atoms with Crippen LogP contribution in [0.2, 0.25) is 0 Å². The van der Waals surface area contributed by atoms with Crippen molar-refractivity contribution in [2.24, 2.45) is 0 Å². The third-order valence-corrected chi connectivity index (χ3v) is 6.47. The van der Waals surface area contributed by atoms with Gasteiger partial charge >= 0.3 is 5.97 Å². The quantitative estimate of drug-likeness (QED) is 0.830. The van der Waals surface area contributed by atoms with Gasteiger partial charge < -0.3 is 10.4 Å². The summed E-state index contributed by atoms with van der Waals surface area (Å²) in [4.78, 5) is 23.2. The molecule has 1 aliphatic heterocycles. The summed E-state index contributed by atoms with van der Waals surface area (Å²) in [6.45, 7) is 1.90. The highest BCUT2D eigenvalue weighted by atomic mass is 32.2. The number of benzene rings is 1. The molecule has 4 nitrogen and oxygen atoms in total. The lowest BCUT2D eigenvalue weighted by atomic mass is 10.1. The molecule has 0 bridgehead atoms. The predicted octanol–water partition coefficient (Wildman–Crippen LogP) is 3.54. The molecule has 0 radical (unpaired) electrons. The first-order valence-corrected chi connectivity index (χ1v) is 9.58. The fraction of sp³-hybridized carbons (Fsp3) is 0.500. The molecule has 1 aromatic rings. The maximum absolute atomic E-state index is 12.1. The SMILES string of the molecule is CCCC(NC(=O)c1ccc(C2SCCCS2)cc1)C(=O)O. The number of carboxylic acids is 1. The zero-order chi connectivity index (χ0) is 15.9. The van der Waals surface area contributed by atoms with E-state index in [1.54, 1.807) is 12.1 Å². The fourth-order valence-corrected chi connectivity index (χ4v) is 5.15. The van der Waals surface area contributed by atoms with Crippen LogP contribution in [0.1, 0.15) is 46.7 Å². The Bertz CT molecular complexity index is 513. The number of amides is 1. The Hall–Kier alpha value is -1.14. The first-order valence-electron chi connectivity index (χ1n) is 7.48. The minimum atomic E-state index is -0.984. The smallest absolute Gasteiger partial charge is 0.326 e. The second-order valence-electron chi connectivity index (χ2n) is 5.20. The number of nitrogens with one attached hydrogen (secondary N) is 1. The van der Waals surface area contributed by atoms with E-state index in [4.69, 9.17) is 5.11 Å². The normalized spacial score (nSPS) is 17.0. The summed E-state index contributed by atoms with van der Waals surface area (Å²) in [6, 6.07) is 6.69. The molecule has 120 valence electrons. The van der Waals surface area contributed by atoms with Crippen molar-refractivity contribution in [2.75, 3.05) is 11.5 Å². The highest BCUT2D eigenvalue weighted by Crippen LogP contribution is 2.43. The van der Waals surface area contributed by atoms with Crippen LogP contribution in [0.5, 0.6) is 0 Å². The highest BCUT2D eigenvalue weighted by molar-refractivity contribution is 8.16. The van der Waals surface area contributed by atoms with E-state index in [0.29, 0.717) is 23.0 Å². The molecule has 1 atom stereocenters. The van der Waals surface area contributed by atoms with E-state index in [9.17, 15) is 9.59 Å². The molecule has 1 unspecified atom stereocenters. The minimum Gasteiger partial charge on any atom is -0.480 e. The van der Waals surface area contributed by atoms with Crippen molar-refractivity contribution in [1.82, 2.24) is 5.32 Å². The molecular formula is C16H21NO3S2. The Kier molecular flexibility index (Phi) is 6.64. The van der Waals surface area contributed by atoms with E-state index in [0.717, 1.165) is 0 Å². The van der Waals surface area contributed by atoms with Gasteiger partial charge in [0, 0.05) is 5.56 Å². The number of carbonyl (C=O) groups excluding carboxylic acids is 1. The van der Waals surface area contributed by atoms with Gasteiger partial charge in [0.25, 0.3) is 5.91 Å². The number of hydrogen-bond donors (Lipinski definition) is 2. The van der Waals surface area contributed by atoms with Crippen molar-refractivity contribution in [1.29, 1.82) is 0 Å². The molecule has 2 N–H and O–H groups in total.